The molecule has 0 aliphatic carbocycles. The number of piperidine rings is 1. The maximum Gasteiger partial charge on any atom is 0.254 e. The number of amides is 1. The summed E-state index contributed by atoms with van der Waals surface area (Å²) in [7, 11) is 0. The van der Waals surface area contributed by atoms with Gasteiger partial charge in [-0.1, -0.05) is 0 Å². The van der Waals surface area contributed by atoms with Crippen LogP contribution in [0.25, 0.3) is 11.4 Å². The molecule has 0 radical (unpaired) electrons. The number of carbonyl (C=O) groups excluding carboxylic acids is 1. The number of pyridine rings is 1. The molecule has 0 spiro atoms. The van der Waals surface area contributed by atoms with Crippen LogP contribution in [0.3, 0.4) is 0 Å². The molecule has 2 aliphatic rings. The van der Waals surface area contributed by atoms with E-state index in [4.69, 9.17) is 4.98 Å². The fourth-order valence-electron chi connectivity index (χ4n) is 4.35. The summed E-state index contributed by atoms with van der Waals surface area (Å²) in [4.78, 5) is 23.9. The summed E-state index contributed by atoms with van der Waals surface area (Å²) in [5, 5.41) is 2.91. The number of aromatic nitrogens is 2. The van der Waals surface area contributed by atoms with E-state index in [0.29, 0.717) is 17.8 Å². The molecule has 4 heterocycles. The van der Waals surface area contributed by atoms with Gasteiger partial charge >= 0.3 is 0 Å². The number of nitrogens with zero attached hydrogens (tertiary/aromatic N) is 3. The van der Waals surface area contributed by atoms with Crippen LogP contribution in [0.15, 0.2) is 41.9 Å². The van der Waals surface area contributed by atoms with Gasteiger partial charge in [-0.15, -0.1) is 11.3 Å². The van der Waals surface area contributed by atoms with E-state index < -0.39 is 0 Å². The molecule has 5 rings (SSSR count). The van der Waals surface area contributed by atoms with Crippen molar-refractivity contribution in [2.45, 2.75) is 37.6 Å². The molecule has 7 heteroatoms. The summed E-state index contributed by atoms with van der Waals surface area (Å²) in [6.07, 6.45) is 4.65. The SMILES string of the molecule is O=C1c2ccc(F)cc2CCC2CCC(c3nc(-c4ccc(F)cn4)cs3)CN12. The standard InChI is InChI=1S/C22H19F2N3OS/c23-15-3-7-18-13(9-15)1-5-17-6-2-14(11-27(17)22(18)28)21-26-20(12-29-21)19-8-4-16(24)10-25-19/h3-4,7-10,12,14,17H,1-2,5-6,11H2. The Morgan fingerprint density at radius 3 is 2.72 bits per heavy atom. The molecule has 2 aliphatic heterocycles. The van der Waals surface area contributed by atoms with Crippen LogP contribution < -0.4 is 0 Å². The average molecular weight is 411 g/mol. The van der Waals surface area contributed by atoms with E-state index in [1.165, 1.54) is 24.4 Å². The summed E-state index contributed by atoms with van der Waals surface area (Å²) in [5.41, 5.74) is 2.80. The zero-order valence-electron chi connectivity index (χ0n) is 15.6. The van der Waals surface area contributed by atoms with Crippen molar-refractivity contribution >= 4 is 17.2 Å². The number of hydrogen-bond acceptors (Lipinski definition) is 4. The highest BCUT2D eigenvalue weighted by Crippen LogP contribution is 2.37. The first-order chi connectivity index (χ1) is 14.1. The zero-order chi connectivity index (χ0) is 20.0. The van der Waals surface area contributed by atoms with Gasteiger partial charge in [-0.05, 0) is 61.6 Å². The Bertz CT molecular complexity index is 1070. The molecule has 1 fully saturated rings. The van der Waals surface area contributed by atoms with Crippen molar-refractivity contribution in [1.82, 2.24) is 14.9 Å². The van der Waals surface area contributed by atoms with Gasteiger partial charge in [-0.25, -0.2) is 13.8 Å². The van der Waals surface area contributed by atoms with Crippen molar-refractivity contribution in [3.8, 4) is 11.4 Å². The number of benzene rings is 1. The van der Waals surface area contributed by atoms with E-state index >= 15 is 0 Å². The Kier molecular flexibility index (Phi) is 4.62. The maximum absolute atomic E-state index is 13.6. The molecule has 2 atom stereocenters. The molecule has 3 aromatic rings. The lowest BCUT2D eigenvalue weighted by Gasteiger charge is -2.38. The van der Waals surface area contributed by atoms with Crippen molar-refractivity contribution in [2.24, 2.45) is 0 Å². The number of fused-ring (bicyclic) bond motifs is 2. The van der Waals surface area contributed by atoms with Gasteiger partial charge in [-0.3, -0.25) is 9.78 Å². The number of rotatable bonds is 2. The van der Waals surface area contributed by atoms with Crippen molar-refractivity contribution < 1.29 is 13.6 Å². The third-order valence-electron chi connectivity index (χ3n) is 5.87. The Hall–Kier alpha value is -2.67. The number of aryl methyl sites for hydroxylation is 1. The molecule has 2 unspecified atom stereocenters. The van der Waals surface area contributed by atoms with Crippen molar-refractivity contribution in [2.75, 3.05) is 6.54 Å². The molecule has 148 valence electrons. The Morgan fingerprint density at radius 1 is 1.03 bits per heavy atom. The van der Waals surface area contributed by atoms with Crippen LogP contribution in [0.4, 0.5) is 8.78 Å². The van der Waals surface area contributed by atoms with Crippen LogP contribution in [0.2, 0.25) is 0 Å². The minimum Gasteiger partial charge on any atom is -0.335 e. The number of thiazole rings is 1. The molecule has 29 heavy (non-hydrogen) atoms. The third-order valence-corrected chi connectivity index (χ3v) is 6.88. The van der Waals surface area contributed by atoms with Crippen LogP contribution in [-0.4, -0.2) is 33.4 Å². The van der Waals surface area contributed by atoms with Gasteiger partial charge in [0.2, 0.25) is 0 Å². The largest absolute Gasteiger partial charge is 0.335 e. The van der Waals surface area contributed by atoms with Crippen LogP contribution in [-0.2, 0) is 6.42 Å². The Balaban J connectivity index is 1.39. The van der Waals surface area contributed by atoms with Crippen LogP contribution >= 0.6 is 11.3 Å². The second-order valence-corrected chi connectivity index (χ2v) is 8.55. The maximum atomic E-state index is 13.6. The molecular formula is C22H19F2N3OS. The molecule has 0 saturated carbocycles. The van der Waals surface area contributed by atoms with Gasteiger partial charge in [0.05, 0.1) is 22.6 Å². The summed E-state index contributed by atoms with van der Waals surface area (Å²) >= 11 is 1.56. The molecule has 0 bridgehead atoms. The van der Waals surface area contributed by atoms with Crippen molar-refractivity contribution in [3.63, 3.8) is 0 Å². The highest BCUT2D eigenvalue weighted by Gasteiger charge is 2.36. The van der Waals surface area contributed by atoms with E-state index in [9.17, 15) is 13.6 Å². The summed E-state index contributed by atoms with van der Waals surface area (Å²) in [5.74, 6) is -0.512. The van der Waals surface area contributed by atoms with E-state index in [0.717, 1.165) is 41.9 Å². The minimum atomic E-state index is -0.373. The summed E-state index contributed by atoms with van der Waals surface area (Å²) in [6, 6.07) is 7.66. The quantitative estimate of drug-likeness (QED) is 0.608. The average Bonchev–Trinajstić information content (AvgIpc) is 3.18. The molecule has 4 nitrogen and oxygen atoms in total. The number of carbonyl (C=O) groups is 1. The highest BCUT2D eigenvalue weighted by atomic mass is 32.1. The molecule has 0 N–H and O–H groups in total. The fraction of sp³-hybridized carbons (Fsp3) is 0.318. The monoisotopic (exact) mass is 411 g/mol. The van der Waals surface area contributed by atoms with Gasteiger partial charge in [0, 0.05) is 29.4 Å². The van der Waals surface area contributed by atoms with Gasteiger partial charge in [0.25, 0.3) is 5.91 Å². The second kappa shape index (κ2) is 7.30. The minimum absolute atomic E-state index is 0.0100. The summed E-state index contributed by atoms with van der Waals surface area (Å²) in [6.45, 7) is 0.615. The fourth-order valence-corrected chi connectivity index (χ4v) is 5.29. The molecular weight excluding hydrogens is 392 g/mol. The second-order valence-electron chi connectivity index (χ2n) is 7.66. The lowest BCUT2D eigenvalue weighted by Crippen LogP contribution is -2.45. The molecule has 1 saturated heterocycles. The first kappa shape index (κ1) is 18.4. The van der Waals surface area contributed by atoms with Gasteiger partial charge in [0.1, 0.15) is 11.6 Å². The summed E-state index contributed by atoms with van der Waals surface area (Å²) < 4.78 is 26.7. The predicted octanol–water partition coefficient (Wildman–Crippen LogP) is 4.82. The van der Waals surface area contributed by atoms with Gasteiger partial charge < -0.3 is 4.90 Å². The Labute approximate surface area is 171 Å². The smallest absolute Gasteiger partial charge is 0.254 e. The number of hydrogen-bond donors (Lipinski definition) is 0. The first-order valence-electron chi connectivity index (χ1n) is 9.75. The lowest BCUT2D eigenvalue weighted by molar-refractivity contribution is 0.0588. The molecule has 1 aromatic carbocycles. The molecule has 2 aromatic heterocycles. The van der Waals surface area contributed by atoms with Crippen molar-refractivity contribution in [1.29, 1.82) is 0 Å². The van der Waals surface area contributed by atoms with Crippen LogP contribution in [0.1, 0.15) is 46.1 Å². The van der Waals surface area contributed by atoms with Gasteiger partial charge in [0.15, 0.2) is 0 Å². The van der Waals surface area contributed by atoms with Crippen molar-refractivity contribution in [3.05, 3.63) is 69.7 Å². The Morgan fingerprint density at radius 2 is 1.90 bits per heavy atom. The normalized spacial score (nSPS) is 21.4. The number of halogens is 2. The first-order valence-corrected chi connectivity index (χ1v) is 10.6. The van der Waals surface area contributed by atoms with E-state index in [1.807, 2.05) is 10.3 Å². The lowest BCUT2D eigenvalue weighted by atomic mass is 9.91. The molecule has 1 amide bonds. The topological polar surface area (TPSA) is 46.1 Å². The van der Waals surface area contributed by atoms with E-state index in [-0.39, 0.29) is 29.5 Å². The zero-order valence-corrected chi connectivity index (χ0v) is 16.5. The third kappa shape index (κ3) is 3.44. The van der Waals surface area contributed by atoms with E-state index in [1.54, 1.807) is 23.5 Å². The van der Waals surface area contributed by atoms with E-state index in [2.05, 4.69) is 4.98 Å². The predicted molar refractivity (Wildman–Crippen MR) is 107 cm³/mol. The van der Waals surface area contributed by atoms with Crippen LogP contribution in [0.5, 0.6) is 0 Å². The van der Waals surface area contributed by atoms with Crippen LogP contribution in [0, 0.1) is 11.6 Å². The van der Waals surface area contributed by atoms with Gasteiger partial charge in [-0.2, -0.15) is 0 Å². The highest BCUT2D eigenvalue weighted by molar-refractivity contribution is 7.10.